The summed E-state index contributed by atoms with van der Waals surface area (Å²) in [5.74, 6) is 0.482. The summed E-state index contributed by atoms with van der Waals surface area (Å²) in [4.78, 5) is 21.0. The van der Waals surface area contributed by atoms with Gasteiger partial charge in [0.2, 0.25) is 0 Å². The van der Waals surface area contributed by atoms with Crippen LogP contribution in [0.5, 0.6) is 0 Å². The van der Waals surface area contributed by atoms with Gasteiger partial charge in [-0.25, -0.2) is 9.37 Å². The number of hydrogen-bond acceptors (Lipinski definition) is 3. The van der Waals surface area contributed by atoms with Gasteiger partial charge in [-0.15, -0.1) is 0 Å². The second-order valence-electron chi connectivity index (χ2n) is 5.79. The number of aromatic nitrogens is 2. The van der Waals surface area contributed by atoms with Crippen LogP contribution in [0.1, 0.15) is 15.9 Å². The molecule has 1 aromatic heterocycles. The first-order chi connectivity index (χ1) is 12.0. The molecule has 0 saturated carbocycles. The predicted molar refractivity (Wildman–Crippen MR) is 98.0 cm³/mol. The Bertz CT molecular complexity index is 857. The molecule has 0 saturated heterocycles. The van der Waals surface area contributed by atoms with Crippen molar-refractivity contribution >= 4 is 17.7 Å². The molecule has 1 amide bonds. The third kappa shape index (κ3) is 4.28. The minimum atomic E-state index is -0.256. The number of carbonyl (C=O) groups is 1. The van der Waals surface area contributed by atoms with Crippen LogP contribution in [0.4, 0.5) is 4.39 Å². The summed E-state index contributed by atoms with van der Waals surface area (Å²) in [6.45, 7) is 0. The van der Waals surface area contributed by atoms with Crippen molar-refractivity contribution in [3.05, 3.63) is 71.7 Å². The summed E-state index contributed by atoms with van der Waals surface area (Å²) in [5.41, 5.74) is 3.54. The Balaban J connectivity index is 1.62. The quantitative estimate of drug-likeness (QED) is 0.698. The molecule has 0 atom stereocenters. The van der Waals surface area contributed by atoms with Gasteiger partial charge >= 0.3 is 0 Å². The van der Waals surface area contributed by atoms with Crippen molar-refractivity contribution in [1.82, 2.24) is 14.9 Å². The molecule has 0 aliphatic rings. The number of nitrogens with one attached hydrogen (secondary N) is 1. The molecular weight excluding hydrogens is 337 g/mol. The maximum absolute atomic E-state index is 13.0. The molecule has 0 radical (unpaired) electrons. The van der Waals surface area contributed by atoms with Gasteiger partial charge in [0.25, 0.3) is 5.91 Å². The summed E-state index contributed by atoms with van der Waals surface area (Å²) in [6.07, 6.45) is 1.74. The number of rotatable bonds is 5. The number of aromatic amines is 1. The second kappa shape index (κ2) is 7.53. The number of thioether (sulfide) groups is 1. The smallest absolute Gasteiger partial charge is 0.253 e. The van der Waals surface area contributed by atoms with Gasteiger partial charge < -0.3 is 9.88 Å². The molecule has 0 aliphatic heterocycles. The zero-order chi connectivity index (χ0) is 17.8. The van der Waals surface area contributed by atoms with E-state index in [0.717, 1.165) is 27.7 Å². The summed E-state index contributed by atoms with van der Waals surface area (Å²) in [6, 6.07) is 13.9. The molecule has 25 heavy (non-hydrogen) atoms. The number of carbonyl (C=O) groups excluding carboxylic acids is 1. The zero-order valence-electron chi connectivity index (χ0n) is 14.0. The van der Waals surface area contributed by atoms with E-state index >= 15 is 0 Å². The van der Waals surface area contributed by atoms with Crippen LogP contribution in [0.15, 0.2) is 59.9 Å². The summed E-state index contributed by atoms with van der Waals surface area (Å²) >= 11 is 1.58. The minimum absolute atomic E-state index is 0.00539. The molecule has 2 aromatic carbocycles. The van der Waals surface area contributed by atoms with E-state index in [2.05, 4.69) is 9.97 Å². The number of halogens is 1. The van der Waals surface area contributed by atoms with Crippen LogP contribution in [0.25, 0.3) is 11.3 Å². The van der Waals surface area contributed by atoms with Gasteiger partial charge in [-0.05, 0) is 47.5 Å². The largest absolute Gasteiger partial charge is 0.345 e. The van der Waals surface area contributed by atoms with E-state index in [1.54, 1.807) is 49.1 Å². The second-order valence-corrected chi connectivity index (χ2v) is 6.76. The maximum Gasteiger partial charge on any atom is 0.253 e. The Morgan fingerprint density at radius 2 is 1.80 bits per heavy atom. The molecule has 128 valence electrons. The van der Waals surface area contributed by atoms with E-state index in [4.69, 9.17) is 0 Å². The van der Waals surface area contributed by atoms with Gasteiger partial charge in [0.1, 0.15) is 5.82 Å². The first kappa shape index (κ1) is 17.2. The fraction of sp³-hybridized carbons (Fsp3) is 0.158. The van der Waals surface area contributed by atoms with Crippen LogP contribution in [-0.4, -0.2) is 34.9 Å². The SMILES string of the molecule is CN(C)C(=O)c1ccc(CSc2ncc(-c3ccc(F)cc3)[nH]2)cc1. The van der Waals surface area contributed by atoms with E-state index in [9.17, 15) is 9.18 Å². The highest BCUT2D eigenvalue weighted by molar-refractivity contribution is 7.98. The average Bonchev–Trinajstić information content (AvgIpc) is 3.09. The molecule has 1 N–H and O–H groups in total. The molecular formula is C19H18FN3OS. The molecule has 0 fully saturated rings. The Kier molecular flexibility index (Phi) is 5.19. The molecule has 3 aromatic rings. The average molecular weight is 355 g/mol. The molecule has 6 heteroatoms. The number of amides is 1. The molecule has 3 rings (SSSR count). The van der Waals surface area contributed by atoms with E-state index < -0.39 is 0 Å². The lowest BCUT2D eigenvalue weighted by Gasteiger charge is -2.10. The first-order valence-electron chi connectivity index (χ1n) is 7.77. The molecule has 0 spiro atoms. The van der Waals surface area contributed by atoms with Crippen molar-refractivity contribution < 1.29 is 9.18 Å². The molecule has 1 heterocycles. The zero-order valence-corrected chi connectivity index (χ0v) is 14.8. The normalized spacial score (nSPS) is 10.7. The lowest BCUT2D eigenvalue weighted by molar-refractivity contribution is 0.0827. The van der Waals surface area contributed by atoms with E-state index in [1.807, 2.05) is 24.3 Å². The highest BCUT2D eigenvalue weighted by Crippen LogP contribution is 2.24. The molecule has 4 nitrogen and oxygen atoms in total. The van der Waals surface area contributed by atoms with Gasteiger partial charge in [0.15, 0.2) is 5.16 Å². The van der Waals surface area contributed by atoms with E-state index in [-0.39, 0.29) is 11.7 Å². The van der Waals surface area contributed by atoms with Gasteiger partial charge in [-0.1, -0.05) is 23.9 Å². The topological polar surface area (TPSA) is 49.0 Å². The lowest BCUT2D eigenvalue weighted by atomic mass is 10.1. The van der Waals surface area contributed by atoms with Gasteiger partial charge in [0, 0.05) is 25.4 Å². The third-order valence-electron chi connectivity index (χ3n) is 3.69. The van der Waals surface area contributed by atoms with Crippen LogP contribution < -0.4 is 0 Å². The summed E-state index contributed by atoms with van der Waals surface area (Å²) in [5, 5.41) is 0.799. The van der Waals surface area contributed by atoms with Crippen molar-refractivity contribution in [2.45, 2.75) is 10.9 Å². The number of imidazole rings is 1. The Morgan fingerprint density at radius 3 is 2.44 bits per heavy atom. The van der Waals surface area contributed by atoms with Crippen LogP contribution in [0.3, 0.4) is 0 Å². The Morgan fingerprint density at radius 1 is 1.12 bits per heavy atom. The van der Waals surface area contributed by atoms with Gasteiger partial charge in [-0.3, -0.25) is 4.79 Å². The third-order valence-corrected chi connectivity index (χ3v) is 4.65. The summed E-state index contributed by atoms with van der Waals surface area (Å²) < 4.78 is 13.0. The lowest BCUT2D eigenvalue weighted by Crippen LogP contribution is -2.21. The minimum Gasteiger partial charge on any atom is -0.345 e. The predicted octanol–water partition coefficient (Wildman–Crippen LogP) is 4.21. The Labute approximate surface area is 150 Å². The van der Waals surface area contributed by atoms with Crippen molar-refractivity contribution in [3.8, 4) is 11.3 Å². The maximum atomic E-state index is 13.0. The fourth-order valence-electron chi connectivity index (χ4n) is 2.31. The summed E-state index contributed by atoms with van der Waals surface area (Å²) in [7, 11) is 3.48. The number of nitrogens with zero attached hydrogens (tertiary/aromatic N) is 2. The van der Waals surface area contributed by atoms with Crippen molar-refractivity contribution in [3.63, 3.8) is 0 Å². The monoisotopic (exact) mass is 355 g/mol. The molecule has 0 unspecified atom stereocenters. The molecule has 0 aliphatic carbocycles. The van der Waals surface area contributed by atoms with Crippen molar-refractivity contribution in [1.29, 1.82) is 0 Å². The standard InChI is InChI=1S/C19H18FN3OS/c1-23(2)18(24)15-5-3-13(4-6-15)12-25-19-21-11-17(22-19)14-7-9-16(20)10-8-14/h3-11H,12H2,1-2H3,(H,21,22). The van der Waals surface area contributed by atoms with Gasteiger partial charge in [-0.2, -0.15) is 0 Å². The highest BCUT2D eigenvalue weighted by Gasteiger charge is 2.08. The molecule has 0 bridgehead atoms. The number of benzene rings is 2. The van der Waals surface area contributed by atoms with Crippen LogP contribution in [-0.2, 0) is 5.75 Å². The number of hydrogen-bond donors (Lipinski definition) is 1. The van der Waals surface area contributed by atoms with Crippen LogP contribution in [0, 0.1) is 5.82 Å². The van der Waals surface area contributed by atoms with Crippen LogP contribution >= 0.6 is 11.8 Å². The first-order valence-corrected chi connectivity index (χ1v) is 8.76. The number of H-pyrrole nitrogens is 1. The highest BCUT2D eigenvalue weighted by atomic mass is 32.2. The Hall–Kier alpha value is -2.60. The fourth-order valence-corrected chi connectivity index (χ4v) is 3.11. The van der Waals surface area contributed by atoms with E-state index in [1.165, 1.54) is 12.1 Å². The van der Waals surface area contributed by atoms with Crippen molar-refractivity contribution in [2.24, 2.45) is 0 Å². The van der Waals surface area contributed by atoms with Crippen molar-refractivity contribution in [2.75, 3.05) is 14.1 Å². The van der Waals surface area contributed by atoms with Gasteiger partial charge in [0.05, 0.1) is 11.9 Å². The van der Waals surface area contributed by atoms with Crippen LogP contribution in [0.2, 0.25) is 0 Å². The van der Waals surface area contributed by atoms with E-state index in [0.29, 0.717) is 5.56 Å².